The van der Waals surface area contributed by atoms with Crippen molar-refractivity contribution in [1.29, 1.82) is 0 Å². The van der Waals surface area contributed by atoms with E-state index in [1.807, 2.05) is 0 Å². The highest BCUT2D eigenvalue weighted by Gasteiger charge is 2.34. The van der Waals surface area contributed by atoms with Gasteiger partial charge in [-0.15, -0.1) is 0 Å². The van der Waals surface area contributed by atoms with Crippen molar-refractivity contribution < 1.29 is 18.7 Å². The molecule has 1 aromatic rings. The zero-order valence-corrected chi connectivity index (χ0v) is 17.4. The molecule has 2 fully saturated rings. The lowest BCUT2D eigenvalue weighted by molar-refractivity contribution is -0.126. The van der Waals surface area contributed by atoms with Crippen LogP contribution < -0.4 is 15.8 Å². The Morgan fingerprint density at radius 1 is 1.18 bits per heavy atom. The number of hydrogen-bond acceptors (Lipinski definition) is 3. The monoisotopic (exact) mass is 412 g/mol. The maximum atomic E-state index is 14.7. The van der Waals surface area contributed by atoms with E-state index in [2.05, 4.69) is 11.1 Å². The molecule has 28 heavy (non-hydrogen) atoms. The summed E-state index contributed by atoms with van der Waals surface area (Å²) in [5, 5.41) is 3.52. The number of halogens is 2. The second-order valence-corrected chi connectivity index (χ2v) is 8.01. The molecule has 156 valence electrons. The fourth-order valence-corrected chi connectivity index (χ4v) is 4.46. The van der Waals surface area contributed by atoms with Crippen molar-refractivity contribution in [2.45, 2.75) is 64.3 Å². The maximum Gasteiger partial charge on any atom is 0.223 e. The van der Waals surface area contributed by atoms with Gasteiger partial charge in [0.05, 0.1) is 23.7 Å². The molecule has 0 saturated heterocycles. The normalized spacial score (nSPS) is 18.3. The summed E-state index contributed by atoms with van der Waals surface area (Å²) < 4.78 is 20.0. The van der Waals surface area contributed by atoms with Crippen LogP contribution in [0.4, 0.5) is 4.39 Å². The lowest BCUT2D eigenvalue weighted by atomic mass is 9.89. The molecule has 2 amide bonds. The molecule has 2 aliphatic carbocycles. The Morgan fingerprint density at radius 2 is 1.71 bits per heavy atom. The number of methoxy groups -OCH3 is 1. The largest absolute Gasteiger partial charge is 0.495 e. The summed E-state index contributed by atoms with van der Waals surface area (Å²) in [6.07, 6.45) is 8.27. The van der Waals surface area contributed by atoms with E-state index < -0.39 is 0 Å². The van der Waals surface area contributed by atoms with E-state index >= 15 is 0 Å². The minimum Gasteiger partial charge on any atom is -0.495 e. The summed E-state index contributed by atoms with van der Waals surface area (Å²) >= 11 is 6.21. The van der Waals surface area contributed by atoms with Crippen molar-refractivity contribution >= 4 is 23.4 Å². The van der Waals surface area contributed by atoms with Gasteiger partial charge >= 0.3 is 0 Å². The van der Waals surface area contributed by atoms with Gasteiger partial charge in [0.25, 0.3) is 0 Å². The summed E-state index contributed by atoms with van der Waals surface area (Å²) in [7, 11) is 1.49. The average Bonchev–Trinajstić information content (AvgIpc) is 3.34. The molecule has 3 N–H and O–H groups in total. The third-order valence-electron chi connectivity index (χ3n) is 5.50. The van der Waals surface area contributed by atoms with Gasteiger partial charge in [-0.2, -0.15) is 0 Å². The molecule has 0 aromatic heterocycles. The number of carbonyl (C=O) groups excluding carboxylic acids is 2. The van der Waals surface area contributed by atoms with Crippen LogP contribution in [0.25, 0.3) is 0 Å². The molecule has 0 heterocycles. The Morgan fingerprint density at radius 3 is 2.25 bits per heavy atom. The minimum atomic E-state index is -0.366. The second kappa shape index (κ2) is 10.6. The van der Waals surface area contributed by atoms with E-state index in [0.717, 1.165) is 51.4 Å². The highest BCUT2D eigenvalue weighted by Crippen LogP contribution is 2.43. The van der Waals surface area contributed by atoms with Gasteiger partial charge in [0.1, 0.15) is 11.6 Å². The molecular weight excluding hydrogens is 383 g/mol. The first kappa shape index (κ1) is 22.5. The summed E-state index contributed by atoms with van der Waals surface area (Å²) in [6.45, 7) is 1.31. The van der Waals surface area contributed by atoms with Gasteiger partial charge in [0.2, 0.25) is 11.8 Å². The van der Waals surface area contributed by atoms with E-state index in [-0.39, 0.29) is 35.5 Å². The molecule has 0 aliphatic heterocycles. The number of primary amides is 1. The van der Waals surface area contributed by atoms with Gasteiger partial charge in [0, 0.05) is 12.8 Å². The lowest BCUT2D eigenvalue weighted by Crippen LogP contribution is -2.37. The van der Waals surface area contributed by atoms with Crippen LogP contribution in [-0.2, 0) is 9.59 Å². The molecular formula is C21H30ClFN2O3. The smallest absolute Gasteiger partial charge is 0.223 e. The molecule has 5 nitrogen and oxygen atoms in total. The minimum absolute atomic E-state index is 0.0471. The van der Waals surface area contributed by atoms with Crippen LogP contribution >= 0.6 is 11.6 Å². The number of carbonyl (C=O) groups is 2. The van der Waals surface area contributed by atoms with Crippen LogP contribution in [0.5, 0.6) is 5.75 Å². The van der Waals surface area contributed by atoms with Crippen LogP contribution in [0.3, 0.4) is 0 Å². The van der Waals surface area contributed by atoms with E-state index in [9.17, 15) is 14.0 Å². The van der Waals surface area contributed by atoms with Crippen molar-refractivity contribution in [3.8, 4) is 5.75 Å². The van der Waals surface area contributed by atoms with Crippen LogP contribution in [0.15, 0.2) is 12.1 Å². The highest BCUT2D eigenvalue weighted by atomic mass is 35.5. The summed E-state index contributed by atoms with van der Waals surface area (Å²) in [4.78, 5) is 21.9. The number of nitrogens with one attached hydrogen (secondary N) is 1. The number of nitrogens with two attached hydrogens (primary N) is 1. The van der Waals surface area contributed by atoms with Crippen molar-refractivity contribution in [2.75, 3.05) is 7.11 Å². The zero-order valence-electron chi connectivity index (χ0n) is 16.6. The van der Waals surface area contributed by atoms with Crippen LogP contribution in [0.2, 0.25) is 5.02 Å². The van der Waals surface area contributed by atoms with Crippen LogP contribution in [-0.4, -0.2) is 18.9 Å². The Hall–Kier alpha value is -1.82. The Kier molecular flexibility index (Phi) is 8.55. The predicted octanol–water partition coefficient (Wildman–Crippen LogP) is 4.52. The van der Waals surface area contributed by atoms with Gasteiger partial charge in [-0.05, 0) is 43.7 Å². The molecule has 3 rings (SSSR count). The van der Waals surface area contributed by atoms with E-state index in [1.54, 1.807) is 0 Å². The number of benzene rings is 1. The number of amides is 2. The Bertz CT molecular complexity index is 682. The molecule has 0 radical (unpaired) electrons. The summed E-state index contributed by atoms with van der Waals surface area (Å²) in [6, 6.07) is 2.50. The zero-order chi connectivity index (χ0) is 20.7. The van der Waals surface area contributed by atoms with Crippen molar-refractivity contribution in [3.05, 3.63) is 28.5 Å². The van der Waals surface area contributed by atoms with E-state index in [4.69, 9.17) is 16.3 Å². The molecule has 7 heteroatoms. The summed E-state index contributed by atoms with van der Waals surface area (Å²) in [5.41, 5.74) is 4.88. The second-order valence-electron chi connectivity index (χ2n) is 7.60. The first-order valence-electron chi connectivity index (χ1n) is 9.93. The van der Waals surface area contributed by atoms with Crippen LogP contribution in [0, 0.1) is 17.7 Å². The first-order chi connectivity index (χ1) is 13.3. The van der Waals surface area contributed by atoms with Gasteiger partial charge < -0.3 is 15.8 Å². The Labute approximate surface area is 171 Å². The van der Waals surface area contributed by atoms with Gasteiger partial charge in [-0.1, -0.05) is 37.3 Å². The third-order valence-corrected chi connectivity index (χ3v) is 5.80. The van der Waals surface area contributed by atoms with E-state index in [1.165, 1.54) is 26.2 Å². The van der Waals surface area contributed by atoms with Crippen LogP contribution in [0.1, 0.15) is 69.9 Å². The molecule has 0 spiro atoms. The molecule has 1 atom stereocenters. The van der Waals surface area contributed by atoms with Crippen molar-refractivity contribution in [1.82, 2.24) is 5.32 Å². The highest BCUT2D eigenvalue weighted by molar-refractivity contribution is 6.32. The first-order valence-corrected chi connectivity index (χ1v) is 10.3. The fraction of sp³-hybridized carbons (Fsp3) is 0.619. The average molecular weight is 413 g/mol. The quantitative estimate of drug-likeness (QED) is 0.746. The number of rotatable bonds is 5. The predicted molar refractivity (Wildman–Crippen MR) is 108 cm³/mol. The van der Waals surface area contributed by atoms with Crippen molar-refractivity contribution in [3.63, 3.8) is 0 Å². The topological polar surface area (TPSA) is 81.4 Å². The molecule has 2 saturated carbocycles. The maximum absolute atomic E-state index is 14.7. The SMILES string of the molecule is CC(N)=O.COc1c(Cl)ccc(F)c1C(NC(=O)C1CCCC1)C1CCCC1. The van der Waals surface area contributed by atoms with E-state index in [0.29, 0.717) is 16.3 Å². The standard InChI is InChI=1S/C19H25ClFNO2.C2H5NO/c1-24-18-14(20)10-11-15(21)16(18)17(12-6-2-3-7-12)22-19(23)13-8-4-5-9-13;1-2(3)4/h10-13,17H,2-9H2,1H3,(H,22,23);1H3,(H2,3,4). The van der Waals surface area contributed by atoms with Gasteiger partial charge in [0.15, 0.2) is 0 Å². The summed E-state index contributed by atoms with van der Waals surface area (Å²) in [5.74, 6) is -0.00893. The van der Waals surface area contributed by atoms with Crippen molar-refractivity contribution in [2.24, 2.45) is 17.6 Å². The molecule has 2 aliphatic rings. The molecule has 0 bridgehead atoms. The third kappa shape index (κ3) is 5.84. The van der Waals surface area contributed by atoms with Gasteiger partial charge in [-0.25, -0.2) is 4.39 Å². The van der Waals surface area contributed by atoms with Gasteiger partial charge in [-0.3, -0.25) is 9.59 Å². The molecule has 1 aromatic carbocycles. The Balaban J connectivity index is 0.000000640. The lowest BCUT2D eigenvalue weighted by Gasteiger charge is -2.28. The number of hydrogen-bond donors (Lipinski definition) is 2. The number of ether oxygens (including phenoxy) is 1. The molecule has 1 unspecified atom stereocenters. The fourth-order valence-electron chi connectivity index (χ4n) is 4.22.